The molecule has 0 spiro atoms. The first-order chi connectivity index (χ1) is 7.70. The van der Waals surface area contributed by atoms with E-state index in [0.717, 1.165) is 27.6 Å². The molecule has 0 aromatic heterocycles. The van der Waals surface area contributed by atoms with Crippen molar-refractivity contribution in [2.24, 2.45) is 0 Å². The van der Waals surface area contributed by atoms with Gasteiger partial charge in [0.2, 0.25) is 5.91 Å². The molecule has 1 aliphatic rings. The Labute approximate surface area is 98.5 Å². The minimum absolute atomic E-state index is 0.0356. The van der Waals surface area contributed by atoms with E-state index in [0.29, 0.717) is 13.0 Å². The summed E-state index contributed by atoms with van der Waals surface area (Å²) >= 11 is 1.64. The van der Waals surface area contributed by atoms with Gasteiger partial charge in [0.25, 0.3) is 0 Å². The fourth-order valence-electron chi connectivity index (χ4n) is 1.63. The Bertz CT molecular complexity index is 421. The Morgan fingerprint density at radius 1 is 1.56 bits per heavy atom. The van der Waals surface area contributed by atoms with Crippen LogP contribution in [0, 0.1) is 0 Å². The lowest BCUT2D eigenvalue weighted by Gasteiger charge is -2.08. The van der Waals surface area contributed by atoms with Crippen LogP contribution in [0.5, 0.6) is 0 Å². The van der Waals surface area contributed by atoms with E-state index in [1.165, 1.54) is 0 Å². The number of anilines is 2. The Hall–Kier alpha value is -1.20. The summed E-state index contributed by atoms with van der Waals surface area (Å²) in [5.41, 5.74) is 8.53. The maximum atomic E-state index is 11.2. The largest absolute Gasteiger partial charge is 0.398 e. The number of nitrogen functional groups attached to an aromatic ring is 1. The Kier molecular flexibility index (Phi) is 3.36. The number of thioether (sulfide) groups is 1. The van der Waals surface area contributed by atoms with E-state index in [9.17, 15) is 4.79 Å². The van der Waals surface area contributed by atoms with Gasteiger partial charge in [-0.1, -0.05) is 0 Å². The van der Waals surface area contributed by atoms with Crippen LogP contribution in [0.25, 0.3) is 0 Å². The van der Waals surface area contributed by atoms with Crippen LogP contribution in [0.4, 0.5) is 11.4 Å². The molecular formula is C11H14N2O2S. The van der Waals surface area contributed by atoms with Crippen LogP contribution in [0.2, 0.25) is 0 Å². The van der Waals surface area contributed by atoms with Gasteiger partial charge >= 0.3 is 0 Å². The first-order valence-corrected chi connectivity index (χ1v) is 6.03. The first kappa shape index (κ1) is 11.3. The zero-order chi connectivity index (χ0) is 11.5. The summed E-state index contributed by atoms with van der Waals surface area (Å²) < 4.78 is 4.98. The summed E-state index contributed by atoms with van der Waals surface area (Å²) in [6.45, 7) is 0.688. The van der Waals surface area contributed by atoms with Crippen molar-refractivity contribution in [1.82, 2.24) is 0 Å². The molecule has 0 unspecified atom stereocenters. The van der Waals surface area contributed by atoms with Gasteiger partial charge in [0.1, 0.15) is 0 Å². The van der Waals surface area contributed by atoms with Crippen LogP contribution in [-0.2, 0) is 16.0 Å². The average Bonchev–Trinajstić information content (AvgIpc) is 2.58. The zero-order valence-electron chi connectivity index (χ0n) is 9.08. The summed E-state index contributed by atoms with van der Waals surface area (Å²) in [7, 11) is 1.67. The third kappa shape index (κ3) is 2.31. The Morgan fingerprint density at radius 3 is 3.12 bits per heavy atom. The average molecular weight is 238 g/mol. The van der Waals surface area contributed by atoms with Gasteiger partial charge in [-0.05, 0) is 17.7 Å². The number of rotatable bonds is 4. The molecular weight excluding hydrogens is 224 g/mol. The molecule has 4 nitrogen and oxygen atoms in total. The summed E-state index contributed by atoms with van der Waals surface area (Å²) in [5, 5.41) is 2.82. The van der Waals surface area contributed by atoms with Crippen LogP contribution < -0.4 is 11.1 Å². The Balaban J connectivity index is 2.15. The van der Waals surface area contributed by atoms with Crippen molar-refractivity contribution < 1.29 is 9.53 Å². The highest BCUT2D eigenvalue weighted by molar-refractivity contribution is 7.99. The molecule has 5 heteroatoms. The normalized spacial score (nSPS) is 13.7. The number of benzene rings is 1. The number of hydrogen-bond acceptors (Lipinski definition) is 4. The molecule has 1 amide bonds. The maximum absolute atomic E-state index is 11.2. The monoisotopic (exact) mass is 238 g/mol. The highest BCUT2D eigenvalue weighted by Crippen LogP contribution is 2.33. The highest BCUT2D eigenvalue weighted by Gasteiger charge is 2.19. The SMILES string of the molecule is COCCSc1cc2c(cc1N)CC(=O)N2. The zero-order valence-corrected chi connectivity index (χ0v) is 9.89. The molecule has 1 aliphatic heterocycles. The first-order valence-electron chi connectivity index (χ1n) is 5.04. The van der Waals surface area contributed by atoms with Crippen molar-refractivity contribution in [3.05, 3.63) is 17.7 Å². The molecule has 0 radical (unpaired) electrons. The molecule has 86 valence electrons. The molecule has 1 aromatic rings. The number of nitrogens with two attached hydrogens (primary N) is 1. The summed E-state index contributed by atoms with van der Waals surface area (Å²) in [6, 6.07) is 3.82. The van der Waals surface area contributed by atoms with Gasteiger partial charge in [-0.2, -0.15) is 0 Å². The lowest BCUT2D eigenvalue weighted by Crippen LogP contribution is -2.03. The fourth-order valence-corrected chi connectivity index (χ4v) is 2.53. The van der Waals surface area contributed by atoms with Gasteiger partial charge in [0.05, 0.1) is 13.0 Å². The van der Waals surface area contributed by atoms with Gasteiger partial charge in [0, 0.05) is 29.1 Å². The van der Waals surface area contributed by atoms with E-state index in [4.69, 9.17) is 10.5 Å². The second kappa shape index (κ2) is 4.76. The molecule has 16 heavy (non-hydrogen) atoms. The summed E-state index contributed by atoms with van der Waals surface area (Å²) in [5.74, 6) is 0.890. The van der Waals surface area contributed by atoms with Gasteiger partial charge in [0.15, 0.2) is 0 Å². The molecule has 0 aliphatic carbocycles. The van der Waals surface area contributed by atoms with Gasteiger partial charge in [-0.25, -0.2) is 0 Å². The number of hydrogen-bond donors (Lipinski definition) is 2. The minimum Gasteiger partial charge on any atom is -0.398 e. The minimum atomic E-state index is 0.0356. The van der Waals surface area contributed by atoms with Gasteiger partial charge in [-0.15, -0.1) is 11.8 Å². The molecule has 2 rings (SSSR count). The van der Waals surface area contributed by atoms with Crippen molar-refractivity contribution in [3.63, 3.8) is 0 Å². The van der Waals surface area contributed by atoms with E-state index < -0.39 is 0 Å². The number of carbonyl (C=O) groups is 1. The number of nitrogens with one attached hydrogen (secondary N) is 1. The van der Waals surface area contributed by atoms with E-state index in [1.54, 1.807) is 18.9 Å². The van der Waals surface area contributed by atoms with Gasteiger partial charge < -0.3 is 15.8 Å². The van der Waals surface area contributed by atoms with Crippen LogP contribution in [-0.4, -0.2) is 25.4 Å². The second-order valence-corrected chi connectivity index (χ2v) is 4.75. The third-order valence-electron chi connectivity index (χ3n) is 2.41. The van der Waals surface area contributed by atoms with E-state index >= 15 is 0 Å². The predicted molar refractivity (Wildman–Crippen MR) is 65.8 cm³/mol. The highest BCUT2D eigenvalue weighted by atomic mass is 32.2. The number of ether oxygens (including phenoxy) is 1. The van der Waals surface area contributed by atoms with Crippen molar-refractivity contribution in [2.75, 3.05) is 30.5 Å². The van der Waals surface area contributed by atoms with E-state index in [1.807, 2.05) is 12.1 Å². The molecule has 0 saturated heterocycles. The number of amides is 1. The van der Waals surface area contributed by atoms with Crippen LogP contribution in [0.1, 0.15) is 5.56 Å². The molecule has 1 heterocycles. The quantitative estimate of drug-likeness (QED) is 0.474. The van der Waals surface area contributed by atoms with E-state index in [2.05, 4.69) is 5.32 Å². The summed E-state index contributed by atoms with van der Waals surface area (Å²) in [6.07, 6.45) is 0.433. The van der Waals surface area contributed by atoms with Crippen LogP contribution >= 0.6 is 11.8 Å². The molecule has 0 saturated carbocycles. The number of methoxy groups -OCH3 is 1. The number of carbonyl (C=O) groups excluding carboxylic acids is 1. The van der Waals surface area contributed by atoms with E-state index in [-0.39, 0.29) is 5.91 Å². The smallest absolute Gasteiger partial charge is 0.228 e. The third-order valence-corrected chi connectivity index (χ3v) is 3.44. The fraction of sp³-hybridized carbons (Fsp3) is 0.364. The lowest BCUT2D eigenvalue weighted by atomic mass is 10.1. The molecule has 0 atom stereocenters. The predicted octanol–water partition coefficient (Wildman–Crippen LogP) is 1.50. The second-order valence-electron chi connectivity index (χ2n) is 3.61. The van der Waals surface area contributed by atoms with Crippen molar-refractivity contribution in [2.45, 2.75) is 11.3 Å². The topological polar surface area (TPSA) is 64.3 Å². The lowest BCUT2D eigenvalue weighted by molar-refractivity contribution is -0.115. The molecule has 0 bridgehead atoms. The standard InChI is InChI=1S/C11H14N2O2S/c1-15-2-3-16-10-6-9-7(4-8(10)12)5-11(14)13-9/h4,6H,2-3,5,12H2,1H3,(H,13,14). The van der Waals surface area contributed by atoms with Gasteiger partial charge in [-0.3, -0.25) is 4.79 Å². The van der Waals surface area contributed by atoms with Crippen molar-refractivity contribution in [1.29, 1.82) is 0 Å². The summed E-state index contributed by atoms with van der Waals surface area (Å²) in [4.78, 5) is 12.2. The van der Waals surface area contributed by atoms with Crippen molar-refractivity contribution in [3.8, 4) is 0 Å². The molecule has 0 fully saturated rings. The van der Waals surface area contributed by atoms with Crippen molar-refractivity contribution >= 4 is 29.0 Å². The Morgan fingerprint density at radius 2 is 2.38 bits per heavy atom. The number of fused-ring (bicyclic) bond motifs is 1. The molecule has 1 aromatic carbocycles. The van der Waals surface area contributed by atoms with Crippen LogP contribution in [0.3, 0.4) is 0 Å². The maximum Gasteiger partial charge on any atom is 0.228 e. The van der Waals surface area contributed by atoms with Crippen LogP contribution in [0.15, 0.2) is 17.0 Å². The molecule has 3 N–H and O–H groups in total.